The maximum absolute atomic E-state index is 13.2. The van der Waals surface area contributed by atoms with Gasteiger partial charge in [0, 0.05) is 18.5 Å². The summed E-state index contributed by atoms with van der Waals surface area (Å²) in [4.78, 5) is 8.24. The molecule has 2 nitrogen and oxygen atoms in total. The van der Waals surface area contributed by atoms with Crippen LogP contribution in [0.5, 0.6) is 0 Å². The molecule has 0 amide bonds. The van der Waals surface area contributed by atoms with Gasteiger partial charge in [0.2, 0.25) is 0 Å². The summed E-state index contributed by atoms with van der Waals surface area (Å²) < 4.78 is 26.4. The third-order valence-corrected chi connectivity index (χ3v) is 2.45. The summed E-state index contributed by atoms with van der Waals surface area (Å²) in [5.41, 5.74) is 0.925. The van der Waals surface area contributed by atoms with Crippen molar-refractivity contribution in [3.63, 3.8) is 0 Å². The van der Waals surface area contributed by atoms with Crippen LogP contribution in [0.2, 0.25) is 0 Å². The molecule has 0 N–H and O–H groups in total. The summed E-state index contributed by atoms with van der Waals surface area (Å²) in [7, 11) is 0. The second kappa shape index (κ2) is 4.96. The van der Waals surface area contributed by atoms with Gasteiger partial charge in [-0.3, -0.25) is 9.98 Å². The van der Waals surface area contributed by atoms with Crippen LogP contribution in [0.4, 0.5) is 8.78 Å². The van der Waals surface area contributed by atoms with Gasteiger partial charge in [0.15, 0.2) is 0 Å². The number of benzene rings is 1. The van der Waals surface area contributed by atoms with Gasteiger partial charge in [-0.25, -0.2) is 8.78 Å². The van der Waals surface area contributed by atoms with Crippen molar-refractivity contribution in [1.29, 1.82) is 0 Å². The summed E-state index contributed by atoms with van der Waals surface area (Å²) in [5, 5.41) is 0. The van der Waals surface area contributed by atoms with Gasteiger partial charge < -0.3 is 0 Å². The zero-order valence-electron chi connectivity index (χ0n) is 8.79. The SMILES string of the molecule is Fc1cccc(F)c1C=NCC1=NCCC1. The molecule has 2 rings (SSSR count). The van der Waals surface area contributed by atoms with Gasteiger partial charge in [-0.15, -0.1) is 0 Å². The number of halogens is 2. The van der Waals surface area contributed by atoms with E-state index in [1.54, 1.807) is 0 Å². The van der Waals surface area contributed by atoms with Gasteiger partial charge in [-0.1, -0.05) is 6.07 Å². The van der Waals surface area contributed by atoms with Crippen molar-refractivity contribution >= 4 is 11.9 Å². The fourth-order valence-corrected chi connectivity index (χ4v) is 1.60. The van der Waals surface area contributed by atoms with E-state index < -0.39 is 11.6 Å². The molecule has 84 valence electrons. The Hall–Kier alpha value is -1.58. The second-order valence-corrected chi connectivity index (χ2v) is 3.66. The van der Waals surface area contributed by atoms with Gasteiger partial charge in [0.05, 0.1) is 12.1 Å². The molecule has 0 aliphatic carbocycles. The summed E-state index contributed by atoms with van der Waals surface area (Å²) in [6.07, 6.45) is 3.24. The van der Waals surface area contributed by atoms with Gasteiger partial charge in [-0.2, -0.15) is 0 Å². The third-order valence-electron chi connectivity index (χ3n) is 2.45. The van der Waals surface area contributed by atoms with E-state index in [4.69, 9.17) is 0 Å². The number of hydrogen-bond donors (Lipinski definition) is 0. The summed E-state index contributed by atoms with van der Waals surface area (Å²) in [5.74, 6) is -1.17. The standard InChI is InChI=1S/C12H12F2N2/c13-11-4-1-5-12(14)10(11)8-15-7-9-3-2-6-16-9/h1,4-5,8H,2-3,6-7H2. The van der Waals surface area contributed by atoms with Gasteiger partial charge in [0.25, 0.3) is 0 Å². The van der Waals surface area contributed by atoms with Crippen LogP contribution in [-0.2, 0) is 0 Å². The van der Waals surface area contributed by atoms with E-state index in [1.807, 2.05) is 0 Å². The van der Waals surface area contributed by atoms with Gasteiger partial charge >= 0.3 is 0 Å². The van der Waals surface area contributed by atoms with Crippen molar-refractivity contribution in [3.05, 3.63) is 35.4 Å². The van der Waals surface area contributed by atoms with Crippen molar-refractivity contribution in [3.8, 4) is 0 Å². The molecule has 0 fully saturated rings. The minimum Gasteiger partial charge on any atom is -0.292 e. The molecule has 0 atom stereocenters. The van der Waals surface area contributed by atoms with E-state index in [2.05, 4.69) is 9.98 Å². The normalized spacial score (nSPS) is 15.8. The lowest BCUT2D eigenvalue weighted by Gasteiger charge is -1.98. The Balaban J connectivity index is 2.05. The van der Waals surface area contributed by atoms with Crippen molar-refractivity contribution in [2.24, 2.45) is 9.98 Å². The molecule has 0 unspecified atom stereocenters. The molecule has 0 spiro atoms. The molecule has 0 bridgehead atoms. The smallest absolute Gasteiger partial charge is 0.134 e. The van der Waals surface area contributed by atoms with Crippen LogP contribution < -0.4 is 0 Å². The first-order chi connectivity index (χ1) is 7.77. The highest BCUT2D eigenvalue weighted by Gasteiger charge is 2.06. The molecular formula is C12H12F2N2. The Morgan fingerprint density at radius 1 is 1.31 bits per heavy atom. The van der Waals surface area contributed by atoms with Crippen LogP contribution in [0.25, 0.3) is 0 Å². The van der Waals surface area contributed by atoms with E-state index in [1.165, 1.54) is 24.4 Å². The van der Waals surface area contributed by atoms with E-state index in [-0.39, 0.29) is 5.56 Å². The molecule has 16 heavy (non-hydrogen) atoms. The van der Waals surface area contributed by atoms with Crippen molar-refractivity contribution < 1.29 is 8.78 Å². The predicted molar refractivity (Wildman–Crippen MR) is 60.4 cm³/mol. The van der Waals surface area contributed by atoms with E-state index in [0.29, 0.717) is 6.54 Å². The summed E-state index contributed by atoms with van der Waals surface area (Å²) in [6.45, 7) is 1.28. The molecule has 1 aliphatic rings. The van der Waals surface area contributed by atoms with Crippen molar-refractivity contribution in [1.82, 2.24) is 0 Å². The molecule has 1 aromatic rings. The fourth-order valence-electron chi connectivity index (χ4n) is 1.60. The lowest BCUT2D eigenvalue weighted by Crippen LogP contribution is -2.00. The molecule has 1 aromatic carbocycles. The van der Waals surface area contributed by atoms with Crippen molar-refractivity contribution in [2.45, 2.75) is 12.8 Å². The molecule has 0 radical (unpaired) electrons. The Labute approximate surface area is 92.7 Å². The minimum absolute atomic E-state index is 0.0823. The average molecular weight is 222 g/mol. The first-order valence-corrected chi connectivity index (χ1v) is 5.23. The van der Waals surface area contributed by atoms with Gasteiger partial charge in [-0.05, 0) is 25.0 Å². The molecule has 1 aliphatic heterocycles. The Kier molecular flexibility index (Phi) is 3.39. The lowest BCUT2D eigenvalue weighted by atomic mass is 10.2. The monoisotopic (exact) mass is 222 g/mol. The van der Waals surface area contributed by atoms with E-state index >= 15 is 0 Å². The highest BCUT2D eigenvalue weighted by atomic mass is 19.1. The number of nitrogens with zero attached hydrogens (tertiary/aromatic N) is 2. The second-order valence-electron chi connectivity index (χ2n) is 3.66. The minimum atomic E-state index is -0.586. The molecule has 4 heteroatoms. The fraction of sp³-hybridized carbons (Fsp3) is 0.333. The largest absolute Gasteiger partial charge is 0.292 e. The molecule has 0 saturated heterocycles. The van der Waals surface area contributed by atoms with E-state index in [9.17, 15) is 8.78 Å². The average Bonchev–Trinajstić information content (AvgIpc) is 2.75. The van der Waals surface area contributed by atoms with Crippen LogP contribution in [0.3, 0.4) is 0 Å². The molecule has 0 saturated carbocycles. The maximum Gasteiger partial charge on any atom is 0.134 e. The van der Waals surface area contributed by atoms with Crippen LogP contribution in [0, 0.1) is 11.6 Å². The number of rotatable bonds is 3. The lowest BCUT2D eigenvalue weighted by molar-refractivity contribution is 0.580. The molecule has 0 aromatic heterocycles. The molecular weight excluding hydrogens is 210 g/mol. The van der Waals surface area contributed by atoms with Crippen LogP contribution >= 0.6 is 0 Å². The van der Waals surface area contributed by atoms with E-state index in [0.717, 1.165) is 25.1 Å². The highest BCUT2D eigenvalue weighted by Crippen LogP contribution is 2.09. The van der Waals surface area contributed by atoms with Crippen molar-refractivity contribution in [2.75, 3.05) is 13.1 Å². The van der Waals surface area contributed by atoms with Crippen LogP contribution in [0.15, 0.2) is 28.2 Å². The first kappa shape index (κ1) is 10.9. The zero-order chi connectivity index (χ0) is 11.4. The van der Waals surface area contributed by atoms with Crippen LogP contribution in [-0.4, -0.2) is 25.0 Å². The Morgan fingerprint density at radius 3 is 2.69 bits per heavy atom. The Morgan fingerprint density at radius 2 is 2.06 bits per heavy atom. The first-order valence-electron chi connectivity index (χ1n) is 5.23. The zero-order valence-corrected chi connectivity index (χ0v) is 8.79. The predicted octanol–water partition coefficient (Wildman–Crippen LogP) is 2.62. The number of aliphatic imine (C=N–C) groups is 2. The molecule has 1 heterocycles. The van der Waals surface area contributed by atoms with Crippen LogP contribution in [0.1, 0.15) is 18.4 Å². The summed E-state index contributed by atoms with van der Waals surface area (Å²) in [6, 6.07) is 3.78. The Bertz CT molecular complexity index is 418. The maximum atomic E-state index is 13.2. The van der Waals surface area contributed by atoms with Gasteiger partial charge in [0.1, 0.15) is 11.6 Å². The highest BCUT2D eigenvalue weighted by molar-refractivity contribution is 5.90. The topological polar surface area (TPSA) is 24.7 Å². The third kappa shape index (κ3) is 2.51. The quantitative estimate of drug-likeness (QED) is 0.702. The number of hydrogen-bond acceptors (Lipinski definition) is 2. The summed E-state index contributed by atoms with van der Waals surface area (Å²) >= 11 is 0.